The smallest absolute Gasteiger partial charge is 0.228 e. The van der Waals surface area contributed by atoms with Crippen LogP contribution >= 0.6 is 23.2 Å². The van der Waals surface area contributed by atoms with Crippen LogP contribution in [0, 0.1) is 5.92 Å². The number of ether oxygens (including phenoxy) is 1. The van der Waals surface area contributed by atoms with Gasteiger partial charge in [-0.3, -0.25) is 4.79 Å². The highest BCUT2D eigenvalue weighted by Gasteiger charge is 2.60. The van der Waals surface area contributed by atoms with E-state index < -0.39 is 0 Å². The second-order valence-corrected chi connectivity index (χ2v) is 7.84. The van der Waals surface area contributed by atoms with Crippen molar-refractivity contribution < 1.29 is 9.53 Å². The highest BCUT2D eigenvalue weighted by atomic mass is 35.5. The molecule has 3 aromatic rings. The molecule has 3 nitrogen and oxygen atoms in total. The van der Waals surface area contributed by atoms with E-state index in [1.807, 2.05) is 72.8 Å². The normalized spacial score (nSPS) is 17.0. The second kappa shape index (κ2) is 7.50. The molecule has 0 unspecified atom stereocenters. The van der Waals surface area contributed by atoms with Crippen molar-refractivity contribution >= 4 is 34.8 Å². The van der Waals surface area contributed by atoms with E-state index in [9.17, 15) is 4.79 Å². The summed E-state index contributed by atoms with van der Waals surface area (Å²) < 4.78 is 5.24. The van der Waals surface area contributed by atoms with E-state index in [0.717, 1.165) is 23.2 Å². The minimum atomic E-state index is -0.377. The summed E-state index contributed by atoms with van der Waals surface area (Å²) in [5.41, 5.74) is 2.49. The molecule has 1 N–H and O–H groups in total. The largest absolute Gasteiger partial charge is 0.497 e. The Balaban J connectivity index is 1.65. The van der Waals surface area contributed by atoms with Gasteiger partial charge < -0.3 is 10.1 Å². The molecule has 5 heteroatoms. The van der Waals surface area contributed by atoms with E-state index in [-0.39, 0.29) is 17.2 Å². The van der Waals surface area contributed by atoms with Crippen LogP contribution in [-0.2, 0) is 10.2 Å². The van der Waals surface area contributed by atoms with Gasteiger partial charge in [-0.25, -0.2) is 0 Å². The van der Waals surface area contributed by atoms with Crippen LogP contribution in [0.4, 0.5) is 5.69 Å². The standard InChI is InChI=1S/C23H19Cl2NO2/c1-28-20-4-2-3-19(13-20)26-22(27)21-14-23(21,15-5-9-17(24)10-6-15)16-7-11-18(25)12-8-16/h2-13,21H,14H2,1H3,(H,26,27)/t21-/m0/s1. The molecular formula is C23H19Cl2NO2. The molecule has 0 radical (unpaired) electrons. The van der Waals surface area contributed by atoms with Gasteiger partial charge in [-0.05, 0) is 53.9 Å². The van der Waals surface area contributed by atoms with E-state index in [2.05, 4.69) is 5.32 Å². The number of anilines is 1. The first-order valence-electron chi connectivity index (χ1n) is 9.00. The Labute approximate surface area is 174 Å². The average molecular weight is 412 g/mol. The van der Waals surface area contributed by atoms with Gasteiger partial charge in [0.1, 0.15) is 5.75 Å². The Bertz CT molecular complexity index is 954. The van der Waals surface area contributed by atoms with E-state index in [1.54, 1.807) is 7.11 Å². The van der Waals surface area contributed by atoms with Crippen LogP contribution in [0.1, 0.15) is 17.5 Å². The van der Waals surface area contributed by atoms with E-state index in [1.165, 1.54) is 0 Å². The summed E-state index contributed by atoms with van der Waals surface area (Å²) in [5, 5.41) is 4.37. The highest BCUT2D eigenvalue weighted by Crippen LogP contribution is 2.59. The number of hydrogen-bond donors (Lipinski definition) is 1. The summed E-state index contributed by atoms with van der Waals surface area (Å²) in [6.45, 7) is 0. The molecule has 0 bridgehead atoms. The zero-order valence-electron chi connectivity index (χ0n) is 15.3. The number of carbonyl (C=O) groups is 1. The number of amides is 1. The van der Waals surface area contributed by atoms with Crippen molar-refractivity contribution in [3.8, 4) is 5.75 Å². The lowest BCUT2D eigenvalue weighted by Gasteiger charge is -2.19. The Morgan fingerprint density at radius 1 is 0.964 bits per heavy atom. The molecule has 1 saturated carbocycles. The second-order valence-electron chi connectivity index (χ2n) is 6.96. The Kier molecular flexibility index (Phi) is 5.05. The van der Waals surface area contributed by atoms with Crippen molar-refractivity contribution in [1.82, 2.24) is 0 Å². The molecule has 1 atom stereocenters. The molecule has 1 amide bonds. The Morgan fingerprint density at radius 3 is 2.07 bits per heavy atom. The first kappa shape index (κ1) is 18.9. The van der Waals surface area contributed by atoms with Crippen LogP contribution in [-0.4, -0.2) is 13.0 Å². The van der Waals surface area contributed by atoms with Crippen LogP contribution in [0.2, 0.25) is 10.0 Å². The maximum Gasteiger partial charge on any atom is 0.228 e. The molecule has 3 aromatic carbocycles. The van der Waals surface area contributed by atoms with Gasteiger partial charge in [0.2, 0.25) is 5.91 Å². The van der Waals surface area contributed by atoms with Gasteiger partial charge in [-0.1, -0.05) is 53.5 Å². The third-order valence-electron chi connectivity index (χ3n) is 5.33. The Morgan fingerprint density at radius 2 is 1.54 bits per heavy atom. The van der Waals surface area contributed by atoms with Crippen LogP contribution in [0.25, 0.3) is 0 Å². The molecule has 0 heterocycles. The molecule has 142 valence electrons. The first-order valence-corrected chi connectivity index (χ1v) is 9.75. The minimum Gasteiger partial charge on any atom is -0.497 e. The molecule has 1 fully saturated rings. The number of methoxy groups -OCH3 is 1. The van der Waals surface area contributed by atoms with Gasteiger partial charge >= 0.3 is 0 Å². The van der Waals surface area contributed by atoms with Crippen molar-refractivity contribution in [2.45, 2.75) is 11.8 Å². The molecular weight excluding hydrogens is 393 g/mol. The molecule has 0 aromatic heterocycles. The number of benzene rings is 3. The van der Waals surface area contributed by atoms with Crippen LogP contribution in [0.5, 0.6) is 5.75 Å². The van der Waals surface area contributed by atoms with E-state index >= 15 is 0 Å². The minimum absolute atomic E-state index is 0.0156. The van der Waals surface area contributed by atoms with Crippen molar-refractivity contribution in [3.05, 3.63) is 94.0 Å². The zero-order valence-corrected chi connectivity index (χ0v) is 16.8. The third kappa shape index (κ3) is 3.48. The van der Waals surface area contributed by atoms with Gasteiger partial charge in [-0.15, -0.1) is 0 Å². The average Bonchev–Trinajstić information content (AvgIpc) is 3.46. The lowest BCUT2D eigenvalue weighted by atomic mass is 9.85. The summed E-state index contributed by atoms with van der Waals surface area (Å²) in [6, 6.07) is 22.8. The molecule has 0 aliphatic heterocycles. The number of hydrogen-bond acceptors (Lipinski definition) is 2. The lowest BCUT2D eigenvalue weighted by molar-refractivity contribution is -0.117. The fourth-order valence-corrected chi connectivity index (χ4v) is 4.06. The molecule has 0 saturated heterocycles. The molecule has 1 aliphatic rings. The van der Waals surface area contributed by atoms with Gasteiger partial charge in [0.25, 0.3) is 0 Å². The van der Waals surface area contributed by atoms with Gasteiger partial charge in [-0.2, -0.15) is 0 Å². The maximum atomic E-state index is 13.1. The van der Waals surface area contributed by atoms with Crippen LogP contribution < -0.4 is 10.1 Å². The number of rotatable bonds is 5. The number of nitrogens with one attached hydrogen (secondary N) is 1. The van der Waals surface area contributed by atoms with Gasteiger partial charge in [0.05, 0.1) is 13.0 Å². The van der Waals surface area contributed by atoms with Crippen LogP contribution in [0.3, 0.4) is 0 Å². The summed E-state index contributed by atoms with van der Waals surface area (Å²) in [4.78, 5) is 13.1. The predicted molar refractivity (Wildman–Crippen MR) is 113 cm³/mol. The quantitative estimate of drug-likeness (QED) is 0.563. The van der Waals surface area contributed by atoms with E-state index in [4.69, 9.17) is 27.9 Å². The van der Waals surface area contributed by atoms with Crippen molar-refractivity contribution in [3.63, 3.8) is 0 Å². The summed E-state index contributed by atoms with van der Waals surface area (Å²) in [7, 11) is 1.61. The summed E-state index contributed by atoms with van der Waals surface area (Å²) in [5.74, 6) is 0.509. The van der Waals surface area contributed by atoms with Crippen molar-refractivity contribution in [1.29, 1.82) is 0 Å². The number of halogens is 2. The maximum absolute atomic E-state index is 13.1. The molecule has 28 heavy (non-hydrogen) atoms. The van der Waals surface area contributed by atoms with Crippen molar-refractivity contribution in [2.24, 2.45) is 5.92 Å². The Hall–Kier alpha value is -2.49. The topological polar surface area (TPSA) is 38.3 Å². The van der Waals surface area contributed by atoms with E-state index in [0.29, 0.717) is 15.8 Å². The van der Waals surface area contributed by atoms with Gasteiger partial charge in [0, 0.05) is 27.2 Å². The summed E-state index contributed by atoms with van der Waals surface area (Å²) in [6.07, 6.45) is 0.728. The molecule has 4 rings (SSSR count). The highest BCUT2D eigenvalue weighted by molar-refractivity contribution is 6.30. The SMILES string of the molecule is COc1cccc(NC(=O)[C@@H]2CC2(c2ccc(Cl)cc2)c2ccc(Cl)cc2)c1. The number of carbonyl (C=O) groups excluding carboxylic acids is 1. The van der Waals surface area contributed by atoms with Gasteiger partial charge in [0.15, 0.2) is 0 Å². The summed E-state index contributed by atoms with van der Waals surface area (Å²) >= 11 is 12.2. The fraction of sp³-hybridized carbons (Fsp3) is 0.174. The molecule has 0 spiro atoms. The predicted octanol–water partition coefficient (Wildman–Crippen LogP) is 5.95. The third-order valence-corrected chi connectivity index (χ3v) is 5.84. The fourth-order valence-electron chi connectivity index (χ4n) is 3.81. The first-order chi connectivity index (χ1) is 13.5. The van der Waals surface area contributed by atoms with Crippen LogP contribution in [0.15, 0.2) is 72.8 Å². The molecule has 1 aliphatic carbocycles. The zero-order chi connectivity index (χ0) is 19.7. The lowest BCUT2D eigenvalue weighted by Crippen LogP contribution is -2.22. The monoisotopic (exact) mass is 411 g/mol. The van der Waals surface area contributed by atoms with Crippen molar-refractivity contribution in [2.75, 3.05) is 12.4 Å².